The van der Waals surface area contributed by atoms with E-state index in [9.17, 15) is 9.90 Å². The maximum Gasteiger partial charge on any atom is 0.338 e. The van der Waals surface area contributed by atoms with Gasteiger partial charge in [0.1, 0.15) is 0 Å². The van der Waals surface area contributed by atoms with Crippen molar-refractivity contribution in [2.45, 2.75) is 13.8 Å². The number of nitrogens with zero attached hydrogens (tertiary/aromatic N) is 4. The van der Waals surface area contributed by atoms with Crippen LogP contribution < -0.4 is 0 Å². The molecule has 0 aliphatic carbocycles. The highest BCUT2D eigenvalue weighted by atomic mass is 16.4. The molecule has 0 saturated carbocycles. The van der Waals surface area contributed by atoms with Gasteiger partial charge in [-0.25, -0.2) is 9.78 Å². The van der Waals surface area contributed by atoms with Crippen molar-refractivity contribution in [3.8, 4) is 11.1 Å². The smallest absolute Gasteiger partial charge is 0.338 e. The van der Waals surface area contributed by atoms with Gasteiger partial charge in [0.05, 0.1) is 17.5 Å². The second-order valence-electron chi connectivity index (χ2n) is 5.01. The van der Waals surface area contributed by atoms with Crippen LogP contribution in [0.25, 0.3) is 22.2 Å². The Balaban J connectivity index is 2.48. The maximum absolute atomic E-state index is 11.7. The lowest BCUT2D eigenvalue weighted by Gasteiger charge is -2.11. The van der Waals surface area contributed by atoms with Crippen molar-refractivity contribution >= 4 is 17.0 Å². The van der Waals surface area contributed by atoms with E-state index in [4.69, 9.17) is 0 Å². The fraction of sp³-hybridized carbons (Fsp3) is 0.200. The Labute approximate surface area is 121 Å². The SMILES string of the molecule is Cc1cncc(-c2c(C(=O)O)c(C)nc3c2cnn3C)c1. The molecular formula is C15H14N4O2. The fourth-order valence-corrected chi connectivity index (χ4v) is 2.52. The van der Waals surface area contributed by atoms with Crippen molar-refractivity contribution in [1.29, 1.82) is 0 Å². The molecule has 0 amide bonds. The molecule has 0 radical (unpaired) electrons. The molecule has 0 atom stereocenters. The van der Waals surface area contributed by atoms with E-state index in [0.29, 0.717) is 22.3 Å². The van der Waals surface area contributed by atoms with Crippen molar-refractivity contribution in [1.82, 2.24) is 19.7 Å². The summed E-state index contributed by atoms with van der Waals surface area (Å²) in [4.78, 5) is 20.2. The Morgan fingerprint density at radius 1 is 1.24 bits per heavy atom. The molecule has 3 heterocycles. The fourth-order valence-electron chi connectivity index (χ4n) is 2.52. The monoisotopic (exact) mass is 282 g/mol. The van der Waals surface area contributed by atoms with Crippen LogP contribution in [0.5, 0.6) is 0 Å². The van der Waals surface area contributed by atoms with Crippen molar-refractivity contribution in [3.05, 3.63) is 41.5 Å². The summed E-state index contributed by atoms with van der Waals surface area (Å²) in [6.45, 7) is 3.62. The van der Waals surface area contributed by atoms with Crippen LogP contribution in [0.1, 0.15) is 21.6 Å². The Morgan fingerprint density at radius 2 is 2.00 bits per heavy atom. The Hall–Kier alpha value is -2.76. The second-order valence-corrected chi connectivity index (χ2v) is 5.01. The lowest BCUT2D eigenvalue weighted by Crippen LogP contribution is -2.06. The number of hydrogen-bond acceptors (Lipinski definition) is 4. The molecule has 1 N–H and O–H groups in total. The first-order valence-electron chi connectivity index (χ1n) is 6.46. The zero-order chi connectivity index (χ0) is 15.1. The molecule has 3 rings (SSSR count). The summed E-state index contributed by atoms with van der Waals surface area (Å²) in [5.74, 6) is -0.998. The third kappa shape index (κ3) is 2.05. The summed E-state index contributed by atoms with van der Waals surface area (Å²) >= 11 is 0. The quantitative estimate of drug-likeness (QED) is 0.780. The van der Waals surface area contributed by atoms with E-state index in [1.54, 1.807) is 37.2 Å². The Kier molecular flexibility index (Phi) is 2.94. The summed E-state index contributed by atoms with van der Waals surface area (Å²) in [6.07, 6.45) is 5.05. The average molecular weight is 282 g/mol. The zero-order valence-electron chi connectivity index (χ0n) is 12.0. The standard InChI is InChI=1S/C15H14N4O2/c1-8-4-10(6-16-5-8)13-11-7-17-19(3)14(11)18-9(2)12(13)15(20)21/h4-7H,1-3H3,(H,20,21). The highest BCUT2D eigenvalue weighted by Crippen LogP contribution is 2.32. The number of hydrogen-bond donors (Lipinski definition) is 1. The molecule has 0 fully saturated rings. The minimum Gasteiger partial charge on any atom is -0.478 e. The van der Waals surface area contributed by atoms with Gasteiger partial charge in [0.25, 0.3) is 0 Å². The normalized spacial score (nSPS) is 11.0. The summed E-state index contributed by atoms with van der Waals surface area (Å²) < 4.78 is 1.64. The molecular weight excluding hydrogens is 268 g/mol. The molecule has 0 bridgehead atoms. The first-order chi connectivity index (χ1) is 9.99. The van der Waals surface area contributed by atoms with Gasteiger partial charge in [-0.3, -0.25) is 9.67 Å². The summed E-state index contributed by atoms with van der Waals surface area (Å²) in [6, 6.07) is 1.92. The van der Waals surface area contributed by atoms with Crippen LogP contribution in [-0.2, 0) is 7.05 Å². The van der Waals surface area contributed by atoms with Crippen molar-refractivity contribution in [2.24, 2.45) is 7.05 Å². The van der Waals surface area contributed by atoms with Crippen LogP contribution in [0.2, 0.25) is 0 Å². The van der Waals surface area contributed by atoms with Crippen LogP contribution in [0.15, 0.2) is 24.7 Å². The first kappa shape index (κ1) is 13.2. The van der Waals surface area contributed by atoms with E-state index >= 15 is 0 Å². The van der Waals surface area contributed by atoms with Gasteiger partial charge in [-0.1, -0.05) is 0 Å². The molecule has 0 aliphatic rings. The van der Waals surface area contributed by atoms with Gasteiger partial charge < -0.3 is 5.11 Å². The minimum absolute atomic E-state index is 0.197. The number of carboxylic acid groups (broad SMARTS) is 1. The molecule has 0 spiro atoms. The third-order valence-corrected chi connectivity index (χ3v) is 3.44. The number of carboxylic acids is 1. The number of rotatable bonds is 2. The van der Waals surface area contributed by atoms with E-state index < -0.39 is 5.97 Å². The van der Waals surface area contributed by atoms with Crippen molar-refractivity contribution in [2.75, 3.05) is 0 Å². The Morgan fingerprint density at radius 3 is 2.67 bits per heavy atom. The summed E-state index contributed by atoms with van der Waals surface area (Å²) in [7, 11) is 1.79. The van der Waals surface area contributed by atoms with E-state index in [1.807, 2.05) is 13.0 Å². The average Bonchev–Trinajstić information content (AvgIpc) is 2.78. The van der Waals surface area contributed by atoms with Crippen LogP contribution in [0.3, 0.4) is 0 Å². The van der Waals surface area contributed by atoms with E-state index in [1.165, 1.54) is 0 Å². The number of pyridine rings is 2. The highest BCUT2D eigenvalue weighted by molar-refractivity contribution is 6.06. The molecule has 3 aromatic rings. The summed E-state index contributed by atoms with van der Waals surface area (Å²) in [5.41, 5.74) is 3.67. The lowest BCUT2D eigenvalue weighted by atomic mass is 9.97. The van der Waals surface area contributed by atoms with Gasteiger partial charge >= 0.3 is 5.97 Å². The van der Waals surface area contributed by atoms with Crippen LogP contribution in [-0.4, -0.2) is 30.8 Å². The van der Waals surface area contributed by atoms with Crippen LogP contribution in [0, 0.1) is 13.8 Å². The van der Waals surface area contributed by atoms with E-state index in [2.05, 4.69) is 15.1 Å². The molecule has 0 aromatic carbocycles. The molecule has 0 unspecified atom stereocenters. The van der Waals surface area contributed by atoms with Crippen molar-refractivity contribution < 1.29 is 9.90 Å². The zero-order valence-corrected chi connectivity index (χ0v) is 12.0. The van der Waals surface area contributed by atoms with Gasteiger partial charge in [-0.15, -0.1) is 0 Å². The summed E-state index contributed by atoms with van der Waals surface area (Å²) in [5, 5.41) is 14.5. The number of aromatic carboxylic acids is 1. The number of carbonyl (C=O) groups is 1. The predicted octanol–water partition coefficient (Wildman–Crippen LogP) is 2.35. The van der Waals surface area contributed by atoms with Gasteiger partial charge in [0.15, 0.2) is 5.65 Å². The molecule has 0 aliphatic heterocycles. The number of aromatic nitrogens is 4. The molecule has 3 aromatic heterocycles. The molecule has 6 nitrogen and oxygen atoms in total. The highest BCUT2D eigenvalue weighted by Gasteiger charge is 2.21. The van der Waals surface area contributed by atoms with E-state index in [0.717, 1.165) is 11.1 Å². The topological polar surface area (TPSA) is 80.9 Å². The maximum atomic E-state index is 11.7. The molecule has 21 heavy (non-hydrogen) atoms. The number of aryl methyl sites for hydroxylation is 3. The van der Waals surface area contributed by atoms with Gasteiger partial charge in [0, 0.05) is 36.0 Å². The van der Waals surface area contributed by atoms with E-state index in [-0.39, 0.29) is 5.56 Å². The van der Waals surface area contributed by atoms with Gasteiger partial charge in [-0.2, -0.15) is 5.10 Å². The first-order valence-corrected chi connectivity index (χ1v) is 6.46. The predicted molar refractivity (Wildman–Crippen MR) is 78.2 cm³/mol. The Bertz CT molecular complexity index is 867. The van der Waals surface area contributed by atoms with Gasteiger partial charge in [0.2, 0.25) is 0 Å². The largest absolute Gasteiger partial charge is 0.478 e. The second kappa shape index (κ2) is 4.66. The lowest BCUT2D eigenvalue weighted by molar-refractivity contribution is 0.0696. The number of fused-ring (bicyclic) bond motifs is 1. The molecule has 0 saturated heterocycles. The van der Waals surface area contributed by atoms with Crippen LogP contribution >= 0.6 is 0 Å². The van der Waals surface area contributed by atoms with Crippen LogP contribution in [0.4, 0.5) is 0 Å². The van der Waals surface area contributed by atoms with Gasteiger partial charge in [-0.05, 0) is 25.5 Å². The molecule has 6 heteroatoms. The minimum atomic E-state index is -0.998. The van der Waals surface area contributed by atoms with Crippen molar-refractivity contribution in [3.63, 3.8) is 0 Å². The molecule has 106 valence electrons. The third-order valence-electron chi connectivity index (χ3n) is 3.44.